The van der Waals surface area contributed by atoms with Crippen LogP contribution in [0.2, 0.25) is 0 Å². The zero-order chi connectivity index (χ0) is 5.54. The molecular weight excluding hydrogens is 88.1 g/mol. The minimum atomic E-state index is 1.36. The van der Waals surface area contributed by atoms with Crippen molar-refractivity contribution in [2.24, 2.45) is 9.98 Å². The Labute approximate surface area is 42.6 Å². The smallest absolute Gasteiger partial charge is 0.0874 e. The summed E-state index contributed by atoms with van der Waals surface area (Å²) in [4.78, 5) is 6.83. The van der Waals surface area contributed by atoms with Crippen LogP contribution in [0.3, 0.4) is 0 Å². The fraction of sp³-hybridized carbons (Fsp3) is 0. The van der Waals surface area contributed by atoms with Gasteiger partial charge in [0.25, 0.3) is 0 Å². The Kier molecular flexibility index (Phi) is 4.07. The van der Waals surface area contributed by atoms with Crippen LogP contribution in [0.4, 0.5) is 0 Å². The van der Waals surface area contributed by atoms with Crippen LogP contribution in [0, 0.1) is 0 Å². The Morgan fingerprint density at radius 3 is 2.71 bits per heavy atom. The van der Waals surface area contributed by atoms with Crippen LogP contribution in [0.1, 0.15) is 0 Å². The van der Waals surface area contributed by atoms with E-state index in [1.807, 2.05) is 0 Å². The van der Waals surface area contributed by atoms with Crippen LogP contribution in [-0.2, 0) is 0 Å². The molecule has 0 aromatic carbocycles. The second kappa shape index (κ2) is 4.86. The lowest BCUT2D eigenvalue weighted by Gasteiger charge is -1.58. The zero-order valence-corrected chi connectivity index (χ0v) is 3.96. The van der Waals surface area contributed by atoms with Crippen molar-refractivity contribution in [2.45, 2.75) is 0 Å². The first-order valence-electron chi connectivity index (χ1n) is 1.75. The average Bonchev–Trinajstić information content (AvgIpc) is 1.69. The van der Waals surface area contributed by atoms with E-state index in [4.69, 9.17) is 0 Å². The maximum absolute atomic E-state index is 3.49. The number of hydrogen-bond donors (Lipinski definition) is 0. The highest BCUT2D eigenvalue weighted by Gasteiger charge is 1.46. The van der Waals surface area contributed by atoms with E-state index in [1.165, 1.54) is 12.4 Å². The Bertz CT molecular complexity index is 106. The lowest BCUT2D eigenvalue weighted by Crippen LogP contribution is -1.46. The molecule has 0 fully saturated rings. The van der Waals surface area contributed by atoms with Gasteiger partial charge in [0, 0.05) is 12.1 Å². The fourth-order valence-corrected chi connectivity index (χ4v) is 0.127. The molecule has 0 aliphatic rings. The average molecular weight is 94.1 g/mol. The largest absolute Gasteiger partial charge is 0.263 e. The molecule has 0 aromatic heterocycles. The summed E-state index contributed by atoms with van der Waals surface area (Å²) in [5.41, 5.74) is 0. The Hall–Kier alpha value is -1.14. The summed E-state index contributed by atoms with van der Waals surface area (Å²) in [5, 5.41) is 0. The lowest BCUT2D eigenvalue weighted by atomic mass is 10.9. The first-order valence-corrected chi connectivity index (χ1v) is 1.75. The molecule has 0 heterocycles. The summed E-state index contributed by atoms with van der Waals surface area (Å²) in [5.74, 6) is 2.44. The summed E-state index contributed by atoms with van der Waals surface area (Å²) >= 11 is 0. The third kappa shape index (κ3) is 4.86. The van der Waals surface area contributed by atoms with Gasteiger partial charge in [0.2, 0.25) is 0 Å². The normalized spacial score (nSPS) is 5.71. The molecule has 0 aromatic rings. The van der Waals surface area contributed by atoms with Gasteiger partial charge in [-0.3, -0.25) is 4.99 Å². The van der Waals surface area contributed by atoms with Crippen molar-refractivity contribution < 1.29 is 0 Å². The maximum atomic E-state index is 3.49. The standard InChI is InChI=1S/C5H6N2/c1-3-7-5-4-6-2/h3-4H,1-2H2. The summed E-state index contributed by atoms with van der Waals surface area (Å²) in [6, 6.07) is 0. The van der Waals surface area contributed by atoms with Crippen LogP contribution in [0.25, 0.3) is 0 Å². The summed E-state index contributed by atoms with van der Waals surface area (Å²) < 4.78 is 0. The summed E-state index contributed by atoms with van der Waals surface area (Å²) in [7, 11) is 0. The molecule has 0 atom stereocenters. The van der Waals surface area contributed by atoms with Crippen molar-refractivity contribution in [1.29, 1.82) is 0 Å². The Balaban J connectivity index is 3.61. The fourth-order valence-electron chi connectivity index (χ4n) is 0.127. The van der Waals surface area contributed by atoms with Crippen molar-refractivity contribution in [2.75, 3.05) is 0 Å². The van der Waals surface area contributed by atoms with Gasteiger partial charge in [-0.1, -0.05) is 6.58 Å². The minimum absolute atomic E-state index is 1.36. The van der Waals surface area contributed by atoms with Gasteiger partial charge in [-0.25, -0.2) is 4.99 Å². The molecule has 0 rings (SSSR count). The van der Waals surface area contributed by atoms with Gasteiger partial charge in [0.1, 0.15) is 0 Å². The topological polar surface area (TPSA) is 24.7 Å². The van der Waals surface area contributed by atoms with Crippen molar-refractivity contribution in [3.05, 3.63) is 19.0 Å². The zero-order valence-electron chi connectivity index (χ0n) is 3.96. The van der Waals surface area contributed by atoms with E-state index >= 15 is 0 Å². The Morgan fingerprint density at radius 1 is 1.57 bits per heavy atom. The van der Waals surface area contributed by atoms with E-state index in [0.717, 1.165) is 0 Å². The SMILES string of the molecule is C=CN=C=CN=C. The van der Waals surface area contributed by atoms with Crippen LogP contribution in [-0.4, -0.2) is 12.6 Å². The quantitative estimate of drug-likeness (QED) is 0.456. The third-order valence-electron chi connectivity index (χ3n) is 0.315. The Morgan fingerprint density at radius 2 is 2.29 bits per heavy atom. The highest BCUT2D eigenvalue weighted by molar-refractivity contribution is 5.53. The molecule has 0 saturated heterocycles. The van der Waals surface area contributed by atoms with Gasteiger partial charge in [-0.05, 0) is 6.72 Å². The molecule has 36 valence electrons. The predicted octanol–water partition coefficient (Wildman–Crippen LogP) is 1.01. The highest BCUT2D eigenvalue weighted by Crippen LogP contribution is 1.60. The molecule has 0 saturated carbocycles. The third-order valence-corrected chi connectivity index (χ3v) is 0.315. The summed E-state index contributed by atoms with van der Waals surface area (Å²) in [6.07, 6.45) is 2.74. The van der Waals surface area contributed by atoms with Gasteiger partial charge in [-0.2, -0.15) is 0 Å². The van der Waals surface area contributed by atoms with E-state index < -0.39 is 0 Å². The highest BCUT2D eigenvalue weighted by atomic mass is 14.7. The molecule has 0 amide bonds. The predicted molar refractivity (Wildman–Crippen MR) is 31.8 cm³/mol. The molecule has 0 N–H and O–H groups in total. The first-order chi connectivity index (χ1) is 3.41. The van der Waals surface area contributed by atoms with Gasteiger partial charge in [0.15, 0.2) is 0 Å². The maximum Gasteiger partial charge on any atom is 0.0874 e. The van der Waals surface area contributed by atoms with Crippen LogP contribution in [0.5, 0.6) is 0 Å². The van der Waals surface area contributed by atoms with E-state index in [1.54, 1.807) is 0 Å². The van der Waals surface area contributed by atoms with Crippen LogP contribution in [0.15, 0.2) is 29.0 Å². The molecule has 0 unspecified atom stereocenters. The van der Waals surface area contributed by atoms with Gasteiger partial charge in [0.05, 0.1) is 6.20 Å². The molecule has 7 heavy (non-hydrogen) atoms. The molecule has 0 aliphatic heterocycles. The van der Waals surface area contributed by atoms with E-state index in [0.29, 0.717) is 0 Å². The molecular formula is C5H6N2. The van der Waals surface area contributed by atoms with E-state index in [2.05, 4.69) is 29.2 Å². The molecule has 0 spiro atoms. The number of rotatable bonds is 2. The number of nitrogens with zero attached hydrogens (tertiary/aromatic N) is 2. The molecule has 2 nitrogen and oxygen atoms in total. The van der Waals surface area contributed by atoms with Crippen molar-refractivity contribution >= 4 is 12.6 Å². The van der Waals surface area contributed by atoms with Crippen LogP contribution < -0.4 is 0 Å². The molecule has 2 heteroatoms. The van der Waals surface area contributed by atoms with Gasteiger partial charge >= 0.3 is 0 Å². The molecule has 0 bridgehead atoms. The number of aliphatic imine (C=N–C) groups is 2. The van der Waals surface area contributed by atoms with Gasteiger partial charge in [-0.15, -0.1) is 0 Å². The summed E-state index contributed by atoms with van der Waals surface area (Å²) in [6.45, 7) is 6.49. The van der Waals surface area contributed by atoms with Crippen molar-refractivity contribution in [3.63, 3.8) is 0 Å². The minimum Gasteiger partial charge on any atom is -0.263 e. The van der Waals surface area contributed by atoms with E-state index in [9.17, 15) is 0 Å². The first kappa shape index (κ1) is 5.86. The van der Waals surface area contributed by atoms with E-state index in [-0.39, 0.29) is 0 Å². The van der Waals surface area contributed by atoms with Crippen molar-refractivity contribution in [3.8, 4) is 0 Å². The van der Waals surface area contributed by atoms with Crippen LogP contribution >= 0.6 is 0 Å². The molecule has 0 aliphatic carbocycles. The number of hydrogen-bond acceptors (Lipinski definition) is 2. The lowest BCUT2D eigenvalue weighted by molar-refractivity contribution is 1.60. The van der Waals surface area contributed by atoms with Crippen molar-refractivity contribution in [1.82, 2.24) is 0 Å². The second-order valence-corrected chi connectivity index (χ2v) is 0.752. The van der Waals surface area contributed by atoms with Gasteiger partial charge < -0.3 is 0 Å². The second-order valence-electron chi connectivity index (χ2n) is 0.752. The molecule has 0 radical (unpaired) electrons. The monoisotopic (exact) mass is 94.1 g/mol.